The fourth-order valence-electron chi connectivity index (χ4n) is 5.04. The third kappa shape index (κ3) is 5.58. The number of fused-ring (bicyclic) bond motifs is 1. The summed E-state index contributed by atoms with van der Waals surface area (Å²) < 4.78 is 38.8. The molecule has 5 rings (SSSR count). The number of benzene rings is 1. The Morgan fingerprint density at radius 1 is 1.27 bits per heavy atom. The summed E-state index contributed by atoms with van der Waals surface area (Å²) >= 11 is 0. The molecule has 1 aliphatic carbocycles. The maximum atomic E-state index is 13.5. The number of aliphatic hydroxyl groups excluding tert-OH is 1. The van der Waals surface area contributed by atoms with E-state index >= 15 is 0 Å². The van der Waals surface area contributed by atoms with Gasteiger partial charge in [0.1, 0.15) is 24.0 Å². The molecule has 11 nitrogen and oxygen atoms in total. The van der Waals surface area contributed by atoms with Gasteiger partial charge in [0.25, 0.3) is 0 Å². The van der Waals surface area contributed by atoms with Crippen molar-refractivity contribution < 1.29 is 31.7 Å². The Bertz CT molecular complexity index is 1410. The van der Waals surface area contributed by atoms with Gasteiger partial charge in [-0.25, -0.2) is 15.1 Å². The molecule has 3 heterocycles. The Hall–Kier alpha value is -3.16. The molecule has 0 radical (unpaired) electrons. The first-order chi connectivity index (χ1) is 17.7. The summed E-state index contributed by atoms with van der Waals surface area (Å²) in [6.07, 6.45) is 3.16. The van der Waals surface area contributed by atoms with Crippen LogP contribution in [-0.4, -0.2) is 54.6 Å². The number of rotatable bonds is 8. The molecule has 1 fully saturated rings. The zero-order chi connectivity index (χ0) is 26.2. The summed E-state index contributed by atoms with van der Waals surface area (Å²) in [4.78, 5) is 21.7. The van der Waals surface area contributed by atoms with E-state index in [1.165, 1.54) is 18.1 Å². The maximum absolute atomic E-state index is 13.5. The van der Waals surface area contributed by atoms with Crippen LogP contribution in [0.1, 0.15) is 57.5 Å². The number of anilines is 1. The third-order valence-corrected chi connectivity index (χ3v) is 7.32. The second kappa shape index (κ2) is 10.3. The van der Waals surface area contributed by atoms with Crippen molar-refractivity contribution in [2.75, 3.05) is 18.5 Å². The summed E-state index contributed by atoms with van der Waals surface area (Å²) in [7, 11) is -4.10. The minimum atomic E-state index is -4.10. The second-order valence-electron chi connectivity index (χ2n) is 9.35. The van der Waals surface area contributed by atoms with Gasteiger partial charge in [0.05, 0.1) is 24.9 Å². The van der Waals surface area contributed by atoms with E-state index in [1.807, 2.05) is 18.2 Å². The number of ether oxygens (including phenoxy) is 1. The first kappa shape index (κ1) is 25.5. The van der Waals surface area contributed by atoms with Gasteiger partial charge in [0.15, 0.2) is 5.76 Å². The number of hydrogen-bond donors (Lipinski definition) is 3. The van der Waals surface area contributed by atoms with E-state index in [2.05, 4.69) is 25.5 Å². The lowest BCUT2D eigenvalue weighted by Crippen LogP contribution is -2.24. The summed E-state index contributed by atoms with van der Waals surface area (Å²) in [5.74, 6) is 0.190. The van der Waals surface area contributed by atoms with Crippen LogP contribution in [0.3, 0.4) is 0 Å². The zero-order valence-corrected chi connectivity index (χ0v) is 21.0. The number of aromatic nitrogens is 2. The average molecular weight is 529 g/mol. The number of hydrogen-bond acceptors (Lipinski definition) is 10. The van der Waals surface area contributed by atoms with Gasteiger partial charge in [-0.2, -0.15) is 8.42 Å². The highest BCUT2D eigenvalue weighted by molar-refractivity contribution is 7.84. The van der Waals surface area contributed by atoms with Crippen LogP contribution in [0.2, 0.25) is 0 Å². The fraction of sp³-hybridized carbons (Fsp3) is 0.400. The Labute approximate surface area is 214 Å². The lowest BCUT2D eigenvalue weighted by Gasteiger charge is -2.25. The topological polar surface area (TPSA) is 167 Å². The van der Waals surface area contributed by atoms with Crippen LogP contribution in [0.15, 0.2) is 47.3 Å². The number of nitrogens with zero attached hydrogens (tertiary/aromatic N) is 2. The number of furan rings is 1. The molecule has 0 amide bonds. The molecule has 3 aromatic rings. The van der Waals surface area contributed by atoms with Gasteiger partial charge >= 0.3 is 10.3 Å². The first-order valence-electron chi connectivity index (χ1n) is 12.0. The molecule has 1 aliphatic heterocycles. The highest BCUT2D eigenvalue weighted by Crippen LogP contribution is 2.36. The SMILES string of the molecule is Cc1oc(C(=O)c2cncnc2N[C@@H]2C[C@H](COS(N)(=O)=O)[C@@H](O)C2)cc1C1OCCc2ccccc21. The van der Waals surface area contributed by atoms with E-state index in [4.69, 9.17) is 14.3 Å². The molecule has 1 unspecified atom stereocenters. The predicted octanol–water partition coefficient (Wildman–Crippen LogP) is 2.04. The highest BCUT2D eigenvalue weighted by atomic mass is 32.2. The Morgan fingerprint density at radius 3 is 2.89 bits per heavy atom. The quantitative estimate of drug-likeness (QED) is 0.368. The lowest BCUT2D eigenvalue weighted by molar-refractivity contribution is 0.0689. The number of aliphatic hydroxyl groups is 1. The predicted molar refractivity (Wildman–Crippen MR) is 132 cm³/mol. The number of ketones is 1. The molecule has 37 heavy (non-hydrogen) atoms. The summed E-state index contributed by atoms with van der Waals surface area (Å²) in [6, 6.07) is 9.51. The van der Waals surface area contributed by atoms with E-state index in [0.29, 0.717) is 31.0 Å². The van der Waals surface area contributed by atoms with Crippen molar-refractivity contribution in [3.8, 4) is 0 Å². The Kier molecular flexibility index (Phi) is 7.10. The smallest absolute Gasteiger partial charge is 0.333 e. The minimum Gasteiger partial charge on any atom is -0.457 e. The van der Waals surface area contributed by atoms with Crippen LogP contribution >= 0.6 is 0 Å². The second-order valence-corrected chi connectivity index (χ2v) is 10.6. The maximum Gasteiger partial charge on any atom is 0.333 e. The van der Waals surface area contributed by atoms with Crippen molar-refractivity contribution >= 4 is 21.9 Å². The largest absolute Gasteiger partial charge is 0.457 e. The standard InChI is InChI=1S/C25H28N4O7S/c1-14-19(24-18-5-3-2-4-15(18)6-7-34-24)10-22(36-14)23(31)20-11-27-13-28-25(20)29-17-8-16(21(30)9-17)12-35-37(26,32)33/h2-5,10-11,13,16-17,21,24,30H,6-9,12H2,1H3,(H2,26,32,33)(H,27,28,29)/t16-,17-,21+,24?/m1/s1. The molecule has 4 atom stereocenters. The molecule has 2 aliphatic rings. The molecule has 196 valence electrons. The molecule has 1 aromatic carbocycles. The van der Waals surface area contributed by atoms with Gasteiger partial charge in [-0.05, 0) is 43.4 Å². The molecule has 12 heteroatoms. The Morgan fingerprint density at radius 2 is 2.08 bits per heavy atom. The monoisotopic (exact) mass is 528 g/mol. The molecule has 2 aromatic heterocycles. The van der Waals surface area contributed by atoms with Gasteiger partial charge in [-0.3, -0.25) is 8.98 Å². The Balaban J connectivity index is 1.34. The summed E-state index contributed by atoms with van der Waals surface area (Å²) in [5.41, 5.74) is 3.27. The van der Waals surface area contributed by atoms with Gasteiger partial charge in [0, 0.05) is 23.7 Å². The number of carbonyl (C=O) groups excluding carboxylic acids is 1. The summed E-state index contributed by atoms with van der Waals surface area (Å²) in [6.45, 7) is 2.15. The van der Waals surface area contributed by atoms with Crippen LogP contribution < -0.4 is 10.5 Å². The van der Waals surface area contributed by atoms with Gasteiger partial charge in [0.2, 0.25) is 5.78 Å². The normalized spacial score (nSPS) is 23.5. The molecule has 4 N–H and O–H groups in total. The number of carbonyl (C=O) groups is 1. The molecule has 0 saturated heterocycles. The fourth-order valence-corrected chi connectivity index (χ4v) is 5.40. The van der Waals surface area contributed by atoms with E-state index in [-0.39, 0.29) is 30.1 Å². The van der Waals surface area contributed by atoms with Crippen LogP contribution in [0.5, 0.6) is 0 Å². The number of aryl methyl sites for hydroxylation is 1. The average Bonchev–Trinajstić information content (AvgIpc) is 3.43. The molecule has 1 saturated carbocycles. The van der Waals surface area contributed by atoms with Crippen LogP contribution in [0.4, 0.5) is 5.82 Å². The van der Waals surface area contributed by atoms with Crippen LogP contribution in [0.25, 0.3) is 0 Å². The molecule has 0 spiro atoms. The number of nitrogens with two attached hydrogens (primary N) is 1. The van der Waals surface area contributed by atoms with Crippen LogP contribution in [-0.2, 0) is 25.6 Å². The summed E-state index contributed by atoms with van der Waals surface area (Å²) in [5, 5.41) is 18.4. The van der Waals surface area contributed by atoms with Crippen molar-refractivity contribution in [1.82, 2.24) is 9.97 Å². The van der Waals surface area contributed by atoms with E-state index in [9.17, 15) is 18.3 Å². The van der Waals surface area contributed by atoms with E-state index in [1.54, 1.807) is 13.0 Å². The van der Waals surface area contributed by atoms with Crippen LogP contribution in [0, 0.1) is 12.8 Å². The zero-order valence-electron chi connectivity index (χ0n) is 20.2. The van der Waals surface area contributed by atoms with Crippen molar-refractivity contribution in [3.63, 3.8) is 0 Å². The molecular weight excluding hydrogens is 500 g/mol. The first-order valence-corrected chi connectivity index (χ1v) is 13.4. The van der Waals surface area contributed by atoms with Crippen molar-refractivity contribution in [3.05, 3.63) is 76.6 Å². The van der Waals surface area contributed by atoms with Gasteiger partial charge in [-0.1, -0.05) is 24.3 Å². The number of nitrogens with one attached hydrogen (secondary N) is 1. The third-order valence-electron chi connectivity index (χ3n) is 6.86. The molecule has 0 bridgehead atoms. The van der Waals surface area contributed by atoms with E-state index < -0.39 is 28.1 Å². The molecular formula is C25H28N4O7S. The van der Waals surface area contributed by atoms with Crippen molar-refractivity contribution in [2.45, 2.75) is 44.4 Å². The van der Waals surface area contributed by atoms with Gasteiger partial charge in [-0.15, -0.1) is 0 Å². The van der Waals surface area contributed by atoms with Crippen molar-refractivity contribution in [1.29, 1.82) is 0 Å². The lowest BCUT2D eigenvalue weighted by atomic mass is 9.93. The highest BCUT2D eigenvalue weighted by Gasteiger charge is 2.35. The van der Waals surface area contributed by atoms with Crippen molar-refractivity contribution in [2.24, 2.45) is 11.1 Å². The van der Waals surface area contributed by atoms with Gasteiger partial charge < -0.3 is 19.6 Å². The van der Waals surface area contributed by atoms with E-state index in [0.717, 1.165) is 17.5 Å². The minimum absolute atomic E-state index is 0.142.